The number of ether oxygens (including phenoxy) is 1. The van der Waals surface area contributed by atoms with Gasteiger partial charge in [0.05, 0.1) is 19.2 Å². The van der Waals surface area contributed by atoms with Crippen molar-refractivity contribution in [3.8, 4) is 0 Å². The third-order valence-electron chi connectivity index (χ3n) is 4.68. The van der Waals surface area contributed by atoms with Crippen molar-refractivity contribution in [2.75, 3.05) is 26.8 Å². The highest BCUT2D eigenvalue weighted by atomic mass is 19.1. The number of benzene rings is 1. The molecule has 0 amide bonds. The molecular weight excluding hydrogens is 309 g/mol. The van der Waals surface area contributed by atoms with Crippen LogP contribution in [0.1, 0.15) is 37.2 Å². The van der Waals surface area contributed by atoms with Gasteiger partial charge in [-0.25, -0.2) is 9.07 Å². The van der Waals surface area contributed by atoms with Gasteiger partial charge in [0.15, 0.2) is 5.82 Å². The van der Waals surface area contributed by atoms with E-state index in [4.69, 9.17) is 4.74 Å². The average molecular weight is 333 g/mol. The summed E-state index contributed by atoms with van der Waals surface area (Å²) in [5, 5.41) is 12.2. The van der Waals surface area contributed by atoms with Crippen LogP contribution >= 0.6 is 0 Å². The molecule has 1 aliphatic rings. The van der Waals surface area contributed by atoms with Crippen molar-refractivity contribution in [2.24, 2.45) is 5.92 Å². The van der Waals surface area contributed by atoms with Gasteiger partial charge in [-0.1, -0.05) is 19.1 Å². The number of hydrogen-bond donors (Lipinski definition) is 0. The smallest absolute Gasteiger partial charge is 0.173 e. The molecule has 6 nitrogen and oxygen atoms in total. The predicted octanol–water partition coefficient (Wildman–Crippen LogP) is 2.28. The molecule has 1 fully saturated rings. The molecular formula is C17H24FN5O. The first-order chi connectivity index (χ1) is 11.7. The van der Waals surface area contributed by atoms with Gasteiger partial charge < -0.3 is 4.74 Å². The SMILES string of the molecule is COCCn1nnnc1C(c1ccc(F)cc1)N1CCC(C)CC1. The molecule has 0 spiro atoms. The lowest BCUT2D eigenvalue weighted by molar-refractivity contribution is 0.144. The largest absolute Gasteiger partial charge is 0.383 e. The number of likely N-dealkylation sites (tertiary alicyclic amines) is 1. The van der Waals surface area contributed by atoms with E-state index in [0.717, 1.165) is 43.2 Å². The van der Waals surface area contributed by atoms with Gasteiger partial charge in [0.25, 0.3) is 0 Å². The summed E-state index contributed by atoms with van der Waals surface area (Å²) >= 11 is 0. The predicted molar refractivity (Wildman–Crippen MR) is 87.9 cm³/mol. The Kier molecular flexibility index (Phi) is 5.52. The summed E-state index contributed by atoms with van der Waals surface area (Å²) in [5.41, 5.74) is 1.01. The number of tetrazole rings is 1. The van der Waals surface area contributed by atoms with Gasteiger partial charge in [-0.05, 0) is 60.0 Å². The monoisotopic (exact) mass is 333 g/mol. The molecule has 1 aliphatic heterocycles. The van der Waals surface area contributed by atoms with Crippen molar-refractivity contribution >= 4 is 0 Å². The maximum atomic E-state index is 13.4. The number of hydrogen-bond acceptors (Lipinski definition) is 5. The minimum atomic E-state index is -0.233. The summed E-state index contributed by atoms with van der Waals surface area (Å²) in [7, 11) is 1.66. The number of rotatable bonds is 6. The first-order valence-corrected chi connectivity index (χ1v) is 8.43. The first kappa shape index (κ1) is 17.0. The molecule has 130 valence electrons. The molecule has 0 bridgehead atoms. The first-order valence-electron chi connectivity index (χ1n) is 8.43. The van der Waals surface area contributed by atoms with Gasteiger partial charge in [-0.2, -0.15) is 0 Å². The average Bonchev–Trinajstić information content (AvgIpc) is 3.05. The van der Waals surface area contributed by atoms with E-state index in [0.29, 0.717) is 13.2 Å². The molecule has 1 unspecified atom stereocenters. The molecule has 2 aromatic rings. The Morgan fingerprint density at radius 1 is 1.25 bits per heavy atom. The van der Waals surface area contributed by atoms with E-state index >= 15 is 0 Å². The Hall–Kier alpha value is -1.86. The highest BCUT2D eigenvalue weighted by molar-refractivity contribution is 5.25. The topological polar surface area (TPSA) is 56.1 Å². The lowest BCUT2D eigenvalue weighted by Crippen LogP contribution is -2.38. The summed E-state index contributed by atoms with van der Waals surface area (Å²) in [6, 6.07) is 6.59. The second-order valence-electron chi connectivity index (χ2n) is 6.43. The number of aromatic nitrogens is 4. The van der Waals surface area contributed by atoms with Gasteiger partial charge in [0.1, 0.15) is 5.82 Å². The van der Waals surface area contributed by atoms with E-state index in [9.17, 15) is 4.39 Å². The Morgan fingerprint density at radius 2 is 1.96 bits per heavy atom. The van der Waals surface area contributed by atoms with E-state index in [-0.39, 0.29) is 11.9 Å². The Bertz CT molecular complexity index is 637. The van der Waals surface area contributed by atoms with Gasteiger partial charge in [-0.15, -0.1) is 5.10 Å². The molecule has 1 atom stereocenters. The van der Waals surface area contributed by atoms with E-state index in [1.54, 1.807) is 11.8 Å². The van der Waals surface area contributed by atoms with Crippen LogP contribution in [0.25, 0.3) is 0 Å². The van der Waals surface area contributed by atoms with Crippen molar-refractivity contribution in [1.29, 1.82) is 0 Å². The minimum absolute atomic E-state index is 0.0649. The summed E-state index contributed by atoms with van der Waals surface area (Å²) in [6.45, 7) is 5.40. The normalized spacial score (nSPS) is 18.0. The lowest BCUT2D eigenvalue weighted by atomic mass is 9.95. The van der Waals surface area contributed by atoms with Crippen molar-refractivity contribution in [3.05, 3.63) is 41.5 Å². The van der Waals surface area contributed by atoms with Crippen LogP contribution in [0.4, 0.5) is 4.39 Å². The van der Waals surface area contributed by atoms with Gasteiger partial charge >= 0.3 is 0 Å². The van der Waals surface area contributed by atoms with E-state index < -0.39 is 0 Å². The van der Waals surface area contributed by atoms with Gasteiger partial charge in [-0.3, -0.25) is 4.90 Å². The van der Waals surface area contributed by atoms with E-state index in [1.165, 1.54) is 12.1 Å². The van der Waals surface area contributed by atoms with Crippen LogP contribution in [-0.2, 0) is 11.3 Å². The van der Waals surface area contributed by atoms with Gasteiger partial charge in [0.2, 0.25) is 0 Å². The summed E-state index contributed by atoms with van der Waals surface area (Å²) in [6.07, 6.45) is 2.30. The molecule has 3 rings (SSSR count). The Labute approximate surface area is 141 Å². The summed E-state index contributed by atoms with van der Waals surface area (Å²) in [5.74, 6) is 1.29. The third kappa shape index (κ3) is 3.79. The van der Waals surface area contributed by atoms with Crippen LogP contribution in [0, 0.1) is 11.7 Å². The van der Waals surface area contributed by atoms with Gasteiger partial charge in [0, 0.05) is 7.11 Å². The zero-order chi connectivity index (χ0) is 16.9. The molecule has 24 heavy (non-hydrogen) atoms. The zero-order valence-electron chi connectivity index (χ0n) is 14.2. The maximum Gasteiger partial charge on any atom is 0.173 e. The fourth-order valence-electron chi connectivity index (χ4n) is 3.20. The fourth-order valence-corrected chi connectivity index (χ4v) is 3.20. The third-order valence-corrected chi connectivity index (χ3v) is 4.68. The number of methoxy groups -OCH3 is 1. The lowest BCUT2D eigenvalue weighted by Gasteiger charge is -2.36. The van der Waals surface area contributed by atoms with Crippen LogP contribution in [0.3, 0.4) is 0 Å². The molecule has 2 heterocycles. The second kappa shape index (κ2) is 7.81. The molecule has 0 saturated carbocycles. The Morgan fingerprint density at radius 3 is 2.62 bits per heavy atom. The fraction of sp³-hybridized carbons (Fsp3) is 0.588. The van der Waals surface area contributed by atoms with Crippen LogP contribution in [-0.4, -0.2) is 51.9 Å². The molecule has 7 heteroatoms. The van der Waals surface area contributed by atoms with E-state index in [2.05, 4.69) is 27.3 Å². The summed E-state index contributed by atoms with van der Waals surface area (Å²) < 4.78 is 20.3. The van der Waals surface area contributed by atoms with Crippen molar-refractivity contribution < 1.29 is 9.13 Å². The van der Waals surface area contributed by atoms with Crippen LogP contribution in [0.2, 0.25) is 0 Å². The van der Waals surface area contributed by atoms with Crippen LogP contribution < -0.4 is 0 Å². The van der Waals surface area contributed by atoms with Crippen molar-refractivity contribution in [2.45, 2.75) is 32.4 Å². The zero-order valence-corrected chi connectivity index (χ0v) is 14.2. The minimum Gasteiger partial charge on any atom is -0.383 e. The van der Waals surface area contributed by atoms with E-state index in [1.807, 2.05) is 12.1 Å². The standard InChI is InChI=1S/C17H24FN5O/c1-13-7-9-22(10-8-13)16(14-3-5-15(18)6-4-14)17-19-20-21-23(17)11-12-24-2/h3-6,13,16H,7-12H2,1-2H3. The number of piperidine rings is 1. The molecule has 1 saturated heterocycles. The second-order valence-corrected chi connectivity index (χ2v) is 6.43. The van der Waals surface area contributed by atoms with Crippen LogP contribution in [0.5, 0.6) is 0 Å². The van der Waals surface area contributed by atoms with Crippen LogP contribution in [0.15, 0.2) is 24.3 Å². The summed E-state index contributed by atoms with van der Waals surface area (Å²) in [4.78, 5) is 2.39. The quantitative estimate of drug-likeness (QED) is 0.812. The van der Waals surface area contributed by atoms with Crippen molar-refractivity contribution in [3.63, 3.8) is 0 Å². The maximum absolute atomic E-state index is 13.4. The molecule has 1 aromatic heterocycles. The highest BCUT2D eigenvalue weighted by Gasteiger charge is 2.30. The highest BCUT2D eigenvalue weighted by Crippen LogP contribution is 2.31. The van der Waals surface area contributed by atoms with Crippen molar-refractivity contribution in [1.82, 2.24) is 25.1 Å². The Balaban J connectivity index is 1.92. The number of halogens is 1. The molecule has 1 aromatic carbocycles. The molecule has 0 radical (unpaired) electrons. The molecule has 0 aliphatic carbocycles. The molecule has 0 N–H and O–H groups in total. The number of nitrogens with zero attached hydrogens (tertiary/aromatic N) is 5.